The zero-order chi connectivity index (χ0) is 22.7. The minimum atomic E-state index is -0.201. The Morgan fingerprint density at radius 2 is 1.94 bits per heavy atom. The number of allylic oxidation sites excluding steroid dienone is 3. The number of hydrogen-bond acceptors (Lipinski definition) is 7. The number of aliphatic imine (C=N–C) groups is 3. The van der Waals surface area contributed by atoms with E-state index >= 15 is 0 Å². The van der Waals surface area contributed by atoms with Crippen molar-refractivity contribution in [2.24, 2.45) is 15.0 Å². The summed E-state index contributed by atoms with van der Waals surface area (Å²) in [6, 6.07) is -0.159. The Hall–Kier alpha value is -2.78. The maximum absolute atomic E-state index is 12.9. The molecular formula is C23H28N6O2S. The van der Waals surface area contributed by atoms with Gasteiger partial charge < -0.3 is 10.6 Å². The minimum absolute atomic E-state index is 0.0134. The van der Waals surface area contributed by atoms with Crippen molar-refractivity contribution in [3.8, 4) is 0 Å². The average molecular weight is 453 g/mol. The molecule has 0 radical (unpaired) electrons. The molecule has 3 heterocycles. The molecule has 0 aromatic heterocycles. The summed E-state index contributed by atoms with van der Waals surface area (Å²) in [5.41, 5.74) is 3.32. The summed E-state index contributed by atoms with van der Waals surface area (Å²) in [7, 11) is 3.87. The number of nitrogens with one attached hydrogen (secondary N) is 2. The van der Waals surface area contributed by atoms with E-state index in [1.807, 2.05) is 44.1 Å². The standard InChI is InChI=1S/C23H28N6O2S/c1-14-4-6-16(27-21(30)15-5-7-20(29(2)3)25-9-8-15)12-17(14)28-22(31)19-13-18-23(32-19)26-11-10-24-18/h4-9,17,19-20H,10-13H2,1-3H3,(H,27,30)(H,28,31). The Kier molecular flexibility index (Phi) is 6.86. The van der Waals surface area contributed by atoms with E-state index in [0.717, 1.165) is 22.0 Å². The lowest BCUT2D eigenvalue weighted by Crippen LogP contribution is -2.42. The summed E-state index contributed by atoms with van der Waals surface area (Å²) in [5.74, 6) is -0.205. The smallest absolute Gasteiger partial charge is 0.255 e. The number of likely N-dealkylation sites (N-methyl/N-ethyl adjacent to an activating group) is 1. The van der Waals surface area contributed by atoms with Crippen LogP contribution in [0.2, 0.25) is 0 Å². The molecule has 3 unspecified atom stereocenters. The molecule has 0 bridgehead atoms. The summed E-state index contributed by atoms with van der Waals surface area (Å²) < 4.78 is 0. The van der Waals surface area contributed by atoms with Crippen LogP contribution in [0.5, 0.6) is 0 Å². The topological polar surface area (TPSA) is 98.5 Å². The van der Waals surface area contributed by atoms with Crippen LogP contribution < -0.4 is 10.6 Å². The molecule has 9 heteroatoms. The Morgan fingerprint density at radius 3 is 2.72 bits per heavy atom. The van der Waals surface area contributed by atoms with Crippen LogP contribution in [0.3, 0.4) is 0 Å². The van der Waals surface area contributed by atoms with Crippen molar-refractivity contribution in [2.75, 3.05) is 27.2 Å². The fourth-order valence-corrected chi connectivity index (χ4v) is 4.89. The first-order chi connectivity index (χ1) is 15.4. The number of thioether (sulfide) groups is 1. The van der Waals surface area contributed by atoms with E-state index in [1.165, 1.54) is 11.8 Å². The van der Waals surface area contributed by atoms with Gasteiger partial charge in [-0.05, 0) is 45.3 Å². The Bertz CT molecular complexity index is 996. The molecule has 1 fully saturated rings. The Morgan fingerprint density at radius 1 is 1.12 bits per heavy atom. The number of carbonyl (C=O) groups excluding carboxylic acids is 2. The zero-order valence-electron chi connectivity index (χ0n) is 18.5. The molecule has 0 saturated carbocycles. The molecule has 168 valence electrons. The molecule has 1 saturated heterocycles. The highest BCUT2D eigenvalue weighted by Gasteiger charge is 2.35. The fourth-order valence-electron chi connectivity index (χ4n) is 3.75. The molecule has 4 rings (SSSR count). The van der Waals surface area contributed by atoms with E-state index in [9.17, 15) is 9.59 Å². The van der Waals surface area contributed by atoms with Gasteiger partial charge in [-0.25, -0.2) is 0 Å². The lowest BCUT2D eigenvalue weighted by molar-refractivity contribution is -0.120. The number of rotatable bonds is 5. The minimum Gasteiger partial charge on any atom is -0.348 e. The lowest BCUT2D eigenvalue weighted by atomic mass is 9.97. The van der Waals surface area contributed by atoms with E-state index in [0.29, 0.717) is 31.5 Å². The van der Waals surface area contributed by atoms with Crippen LogP contribution in [0.4, 0.5) is 0 Å². The van der Waals surface area contributed by atoms with Crippen LogP contribution >= 0.6 is 11.8 Å². The van der Waals surface area contributed by atoms with Crippen LogP contribution in [-0.2, 0) is 9.59 Å². The SMILES string of the molecule is CC1=CC=C(NC(=O)C2=CC=NC(N(C)C)C=C2)CC1NC(=O)C1CC2=NCCN=C2S1. The Balaban J connectivity index is 1.35. The maximum atomic E-state index is 12.9. The molecule has 0 aromatic rings. The predicted octanol–water partition coefficient (Wildman–Crippen LogP) is 1.63. The van der Waals surface area contributed by atoms with E-state index in [2.05, 4.69) is 25.6 Å². The molecule has 2 N–H and O–H groups in total. The van der Waals surface area contributed by atoms with Crippen molar-refractivity contribution in [2.45, 2.75) is 37.2 Å². The molecule has 0 spiro atoms. The van der Waals surface area contributed by atoms with Gasteiger partial charge in [0.15, 0.2) is 0 Å². The van der Waals surface area contributed by atoms with Crippen LogP contribution in [-0.4, -0.2) is 78.3 Å². The van der Waals surface area contributed by atoms with Gasteiger partial charge in [-0.2, -0.15) is 0 Å². The fraction of sp³-hybridized carbons (Fsp3) is 0.435. The summed E-state index contributed by atoms with van der Waals surface area (Å²) in [4.78, 5) is 41.0. The van der Waals surface area contributed by atoms with Crippen LogP contribution in [0, 0.1) is 0 Å². The van der Waals surface area contributed by atoms with Gasteiger partial charge in [-0.15, -0.1) is 0 Å². The summed E-state index contributed by atoms with van der Waals surface area (Å²) >= 11 is 1.50. The van der Waals surface area contributed by atoms with E-state index in [4.69, 9.17) is 0 Å². The van der Waals surface area contributed by atoms with Gasteiger partial charge in [0, 0.05) is 30.3 Å². The van der Waals surface area contributed by atoms with Gasteiger partial charge in [0.25, 0.3) is 5.91 Å². The van der Waals surface area contributed by atoms with Crippen molar-refractivity contribution in [3.05, 3.63) is 47.2 Å². The number of fused-ring (bicyclic) bond motifs is 1. The second-order valence-corrected chi connectivity index (χ2v) is 9.50. The van der Waals surface area contributed by atoms with E-state index in [1.54, 1.807) is 18.4 Å². The third-order valence-corrected chi connectivity index (χ3v) is 6.93. The van der Waals surface area contributed by atoms with Gasteiger partial charge in [0.1, 0.15) is 11.2 Å². The second-order valence-electron chi connectivity index (χ2n) is 8.30. The first-order valence-electron chi connectivity index (χ1n) is 10.7. The maximum Gasteiger partial charge on any atom is 0.255 e. The number of hydrogen-bond donors (Lipinski definition) is 2. The highest BCUT2D eigenvalue weighted by molar-refractivity contribution is 8.17. The molecule has 2 amide bonds. The average Bonchev–Trinajstić information content (AvgIpc) is 3.05. The van der Waals surface area contributed by atoms with E-state index in [-0.39, 0.29) is 29.3 Å². The number of amides is 2. The van der Waals surface area contributed by atoms with Crippen molar-refractivity contribution < 1.29 is 9.59 Å². The van der Waals surface area contributed by atoms with Crippen molar-refractivity contribution in [1.29, 1.82) is 0 Å². The van der Waals surface area contributed by atoms with Crippen LogP contribution in [0.15, 0.2) is 62.2 Å². The number of nitrogens with zero attached hydrogens (tertiary/aromatic N) is 4. The third kappa shape index (κ3) is 5.16. The van der Waals surface area contributed by atoms with Gasteiger partial charge in [0.05, 0.1) is 30.1 Å². The third-order valence-electron chi connectivity index (χ3n) is 5.67. The lowest BCUT2D eigenvalue weighted by Gasteiger charge is -2.25. The first-order valence-corrected chi connectivity index (χ1v) is 11.6. The highest BCUT2D eigenvalue weighted by atomic mass is 32.2. The summed E-state index contributed by atoms with van der Waals surface area (Å²) in [5, 5.41) is 6.83. The largest absolute Gasteiger partial charge is 0.348 e. The van der Waals surface area contributed by atoms with E-state index < -0.39 is 0 Å². The summed E-state index contributed by atoms with van der Waals surface area (Å²) in [6.45, 7) is 3.40. The Labute approximate surface area is 192 Å². The van der Waals surface area contributed by atoms with Gasteiger partial charge in [-0.3, -0.25) is 29.5 Å². The molecule has 3 atom stereocenters. The molecular weight excluding hydrogens is 424 g/mol. The van der Waals surface area contributed by atoms with Crippen LogP contribution in [0.1, 0.15) is 19.8 Å². The van der Waals surface area contributed by atoms with Crippen molar-refractivity contribution in [1.82, 2.24) is 15.5 Å². The zero-order valence-corrected chi connectivity index (χ0v) is 19.4. The normalized spacial score (nSPS) is 26.9. The first kappa shape index (κ1) is 22.4. The molecule has 0 aromatic carbocycles. The molecule has 4 aliphatic rings. The molecule has 3 aliphatic heterocycles. The van der Waals surface area contributed by atoms with Crippen LogP contribution in [0.25, 0.3) is 0 Å². The second kappa shape index (κ2) is 9.79. The monoisotopic (exact) mass is 452 g/mol. The quantitative estimate of drug-likeness (QED) is 0.662. The highest BCUT2D eigenvalue weighted by Crippen LogP contribution is 2.30. The molecule has 32 heavy (non-hydrogen) atoms. The summed E-state index contributed by atoms with van der Waals surface area (Å²) in [6.07, 6.45) is 12.0. The number of carbonyl (C=O) groups is 2. The van der Waals surface area contributed by atoms with Gasteiger partial charge in [-0.1, -0.05) is 23.4 Å². The molecule has 8 nitrogen and oxygen atoms in total. The van der Waals surface area contributed by atoms with Gasteiger partial charge in [0.2, 0.25) is 5.91 Å². The predicted molar refractivity (Wildman–Crippen MR) is 130 cm³/mol. The van der Waals surface area contributed by atoms with Gasteiger partial charge >= 0.3 is 0 Å². The molecule has 1 aliphatic carbocycles. The van der Waals surface area contributed by atoms with Crippen molar-refractivity contribution in [3.63, 3.8) is 0 Å². The van der Waals surface area contributed by atoms with Crippen molar-refractivity contribution >= 4 is 40.5 Å².